The third-order valence-electron chi connectivity index (χ3n) is 3.57. The molecule has 0 aliphatic heterocycles. The van der Waals surface area contributed by atoms with Crippen LogP contribution in [0.5, 0.6) is 5.75 Å². The lowest BCUT2D eigenvalue weighted by molar-refractivity contribution is 0.414. The first-order valence-electron chi connectivity index (χ1n) is 8.10. The van der Waals surface area contributed by atoms with Gasteiger partial charge in [-0.1, -0.05) is 42.1 Å². The van der Waals surface area contributed by atoms with E-state index in [-0.39, 0.29) is 0 Å². The summed E-state index contributed by atoms with van der Waals surface area (Å²) in [6.07, 6.45) is 1.78. The minimum absolute atomic E-state index is 0.561. The number of hydrogen-bond acceptors (Lipinski definition) is 4. The maximum Gasteiger partial charge on any atom is 0.171 e. The molecule has 0 aliphatic carbocycles. The van der Waals surface area contributed by atoms with E-state index in [1.807, 2.05) is 54.6 Å². The van der Waals surface area contributed by atoms with Crippen molar-refractivity contribution in [2.75, 3.05) is 12.4 Å². The fraction of sp³-hybridized carbons (Fsp3) is 0.100. The Morgan fingerprint density at radius 3 is 2.46 bits per heavy atom. The zero-order valence-corrected chi connectivity index (χ0v) is 15.9. The third kappa shape index (κ3) is 5.47. The van der Waals surface area contributed by atoms with Gasteiger partial charge in [-0.3, -0.25) is 0 Å². The maximum absolute atomic E-state index is 5.34. The van der Waals surface area contributed by atoms with Crippen LogP contribution in [0.15, 0.2) is 82.8 Å². The quantitative estimate of drug-likeness (QED) is 0.602. The molecule has 0 aliphatic rings. The van der Waals surface area contributed by atoms with Crippen LogP contribution in [0.25, 0.3) is 0 Å². The molecular formula is C20H19N3OS2. The van der Waals surface area contributed by atoms with E-state index in [0.717, 1.165) is 26.9 Å². The second-order valence-electron chi connectivity index (χ2n) is 5.46. The normalized spacial score (nSPS) is 10.2. The van der Waals surface area contributed by atoms with Crippen molar-refractivity contribution in [1.82, 2.24) is 10.3 Å². The van der Waals surface area contributed by atoms with Gasteiger partial charge in [0.1, 0.15) is 10.8 Å². The van der Waals surface area contributed by atoms with Crippen molar-refractivity contribution in [3.05, 3.63) is 78.5 Å². The van der Waals surface area contributed by atoms with Crippen molar-refractivity contribution in [3.8, 4) is 5.75 Å². The molecule has 0 atom stereocenters. The van der Waals surface area contributed by atoms with Crippen LogP contribution < -0.4 is 15.4 Å². The number of nitrogens with zero attached hydrogens (tertiary/aromatic N) is 1. The number of nitrogens with one attached hydrogen (secondary N) is 2. The lowest BCUT2D eigenvalue weighted by Gasteiger charge is -2.11. The summed E-state index contributed by atoms with van der Waals surface area (Å²) in [5.74, 6) is 0.842. The van der Waals surface area contributed by atoms with Crippen molar-refractivity contribution in [2.24, 2.45) is 0 Å². The van der Waals surface area contributed by atoms with E-state index in [1.54, 1.807) is 25.1 Å². The predicted molar refractivity (Wildman–Crippen MR) is 111 cm³/mol. The lowest BCUT2D eigenvalue weighted by Crippen LogP contribution is -2.27. The van der Waals surface area contributed by atoms with Crippen LogP contribution >= 0.6 is 24.0 Å². The topological polar surface area (TPSA) is 46.2 Å². The average Bonchev–Trinajstić information content (AvgIpc) is 2.69. The van der Waals surface area contributed by atoms with E-state index >= 15 is 0 Å². The third-order valence-corrected chi connectivity index (χ3v) is 4.78. The molecule has 0 fully saturated rings. The molecule has 1 heterocycles. The standard InChI is InChI=1S/C20H19N3OS2/c1-24-17-10-7-15(8-11-17)13-22-20(25)23-16-9-12-19(21-14-16)26-18-5-3-2-4-6-18/h2-12,14H,13H2,1H3,(H2,22,23,25). The van der Waals surface area contributed by atoms with Gasteiger partial charge in [0.2, 0.25) is 0 Å². The monoisotopic (exact) mass is 381 g/mol. The van der Waals surface area contributed by atoms with Crippen LogP contribution in [0.2, 0.25) is 0 Å². The number of hydrogen-bond donors (Lipinski definition) is 2. The van der Waals surface area contributed by atoms with Crippen molar-refractivity contribution in [2.45, 2.75) is 16.5 Å². The van der Waals surface area contributed by atoms with E-state index in [1.165, 1.54) is 0 Å². The van der Waals surface area contributed by atoms with Crippen molar-refractivity contribution < 1.29 is 4.74 Å². The molecule has 2 N–H and O–H groups in total. The number of aromatic nitrogens is 1. The first-order valence-corrected chi connectivity index (χ1v) is 9.32. The summed E-state index contributed by atoms with van der Waals surface area (Å²) < 4.78 is 5.15. The van der Waals surface area contributed by atoms with E-state index < -0.39 is 0 Å². The van der Waals surface area contributed by atoms with Crippen molar-refractivity contribution in [3.63, 3.8) is 0 Å². The molecule has 0 saturated heterocycles. The highest BCUT2D eigenvalue weighted by Gasteiger charge is 2.02. The molecule has 2 aromatic carbocycles. The van der Waals surface area contributed by atoms with Gasteiger partial charge in [-0.05, 0) is 54.2 Å². The maximum atomic E-state index is 5.34. The molecule has 0 saturated carbocycles. The lowest BCUT2D eigenvalue weighted by atomic mass is 10.2. The molecule has 3 rings (SSSR count). The van der Waals surface area contributed by atoms with Gasteiger partial charge in [0.15, 0.2) is 5.11 Å². The van der Waals surface area contributed by atoms with E-state index in [9.17, 15) is 0 Å². The highest BCUT2D eigenvalue weighted by Crippen LogP contribution is 2.26. The number of methoxy groups -OCH3 is 1. The molecule has 0 unspecified atom stereocenters. The Kier molecular flexibility index (Phi) is 6.46. The predicted octanol–water partition coefficient (Wildman–Crippen LogP) is 4.73. The van der Waals surface area contributed by atoms with Crippen LogP contribution in [0.1, 0.15) is 5.56 Å². The minimum atomic E-state index is 0.561. The van der Waals surface area contributed by atoms with Crippen LogP contribution in [0.4, 0.5) is 5.69 Å². The number of anilines is 1. The van der Waals surface area contributed by atoms with Crippen LogP contribution in [-0.2, 0) is 6.54 Å². The van der Waals surface area contributed by atoms with E-state index in [2.05, 4.69) is 27.8 Å². The van der Waals surface area contributed by atoms with Gasteiger partial charge in [0.05, 0.1) is 19.0 Å². The first kappa shape index (κ1) is 18.2. The van der Waals surface area contributed by atoms with Gasteiger partial charge in [-0.2, -0.15) is 0 Å². The molecule has 6 heteroatoms. The van der Waals surface area contributed by atoms with Gasteiger partial charge in [-0.25, -0.2) is 4.98 Å². The second-order valence-corrected chi connectivity index (χ2v) is 6.96. The summed E-state index contributed by atoms with van der Waals surface area (Å²) in [6, 6.07) is 22.0. The van der Waals surface area contributed by atoms with Crippen LogP contribution in [0, 0.1) is 0 Å². The fourth-order valence-electron chi connectivity index (χ4n) is 2.22. The van der Waals surface area contributed by atoms with Crippen molar-refractivity contribution >= 4 is 34.8 Å². The number of benzene rings is 2. The molecule has 0 bridgehead atoms. The molecule has 26 heavy (non-hydrogen) atoms. The van der Waals surface area contributed by atoms with Gasteiger partial charge in [-0.15, -0.1) is 0 Å². The Hall–Kier alpha value is -2.57. The molecule has 4 nitrogen and oxygen atoms in total. The summed E-state index contributed by atoms with van der Waals surface area (Å²) >= 11 is 6.97. The van der Waals surface area contributed by atoms with Crippen LogP contribution in [0.3, 0.4) is 0 Å². The molecule has 0 radical (unpaired) electrons. The first-order chi connectivity index (χ1) is 12.7. The zero-order chi connectivity index (χ0) is 18.2. The molecule has 1 aromatic heterocycles. The largest absolute Gasteiger partial charge is 0.497 e. The zero-order valence-electron chi connectivity index (χ0n) is 14.3. The van der Waals surface area contributed by atoms with Gasteiger partial charge >= 0.3 is 0 Å². The van der Waals surface area contributed by atoms with Gasteiger partial charge < -0.3 is 15.4 Å². The Morgan fingerprint density at radius 1 is 1.04 bits per heavy atom. The summed E-state index contributed by atoms with van der Waals surface area (Å²) in [5.41, 5.74) is 1.98. The average molecular weight is 382 g/mol. The second kappa shape index (κ2) is 9.22. The molecule has 0 amide bonds. The molecule has 3 aromatic rings. The van der Waals surface area contributed by atoms with Crippen molar-refractivity contribution in [1.29, 1.82) is 0 Å². The van der Waals surface area contributed by atoms with Crippen LogP contribution in [-0.4, -0.2) is 17.2 Å². The Labute approximate surface area is 163 Å². The van der Waals surface area contributed by atoms with Gasteiger partial charge in [0, 0.05) is 11.4 Å². The Balaban J connectivity index is 1.49. The molecule has 132 valence electrons. The molecule has 0 spiro atoms. The van der Waals surface area contributed by atoms with Gasteiger partial charge in [0.25, 0.3) is 0 Å². The van der Waals surface area contributed by atoms with E-state index in [0.29, 0.717) is 11.7 Å². The number of ether oxygens (including phenoxy) is 1. The number of pyridine rings is 1. The molecular weight excluding hydrogens is 362 g/mol. The number of thiocarbonyl (C=S) groups is 1. The summed E-state index contributed by atoms with van der Waals surface area (Å²) in [5, 5.41) is 7.84. The Bertz CT molecular complexity index is 837. The SMILES string of the molecule is COc1ccc(CNC(=S)Nc2ccc(Sc3ccccc3)nc2)cc1. The fourth-order valence-corrected chi connectivity index (χ4v) is 3.19. The minimum Gasteiger partial charge on any atom is -0.497 e. The van der Waals surface area contributed by atoms with E-state index in [4.69, 9.17) is 17.0 Å². The Morgan fingerprint density at radius 2 is 1.81 bits per heavy atom. The summed E-state index contributed by atoms with van der Waals surface area (Å²) in [4.78, 5) is 5.63. The highest BCUT2D eigenvalue weighted by atomic mass is 32.2. The smallest absolute Gasteiger partial charge is 0.171 e. The number of rotatable bonds is 6. The highest BCUT2D eigenvalue weighted by molar-refractivity contribution is 7.99. The summed E-state index contributed by atoms with van der Waals surface area (Å²) in [6.45, 7) is 0.644. The summed E-state index contributed by atoms with van der Waals surface area (Å²) in [7, 11) is 1.66.